The van der Waals surface area contributed by atoms with Gasteiger partial charge in [0.05, 0.1) is 21.6 Å². The first-order chi connectivity index (χ1) is 9.24. The number of nitrogen functional groups attached to an aromatic ring is 1. The van der Waals surface area contributed by atoms with Crippen LogP contribution in [-0.4, -0.2) is 9.55 Å². The van der Waals surface area contributed by atoms with Crippen LogP contribution in [0.3, 0.4) is 0 Å². The van der Waals surface area contributed by atoms with Crippen molar-refractivity contribution in [1.82, 2.24) is 9.55 Å². The van der Waals surface area contributed by atoms with Gasteiger partial charge in [-0.05, 0) is 42.5 Å². The fourth-order valence-electron chi connectivity index (χ4n) is 2.44. The number of benzene rings is 1. The Balaban J connectivity index is 2.04. The van der Waals surface area contributed by atoms with Crippen molar-refractivity contribution in [3.8, 4) is 10.7 Å². The van der Waals surface area contributed by atoms with Gasteiger partial charge in [0, 0.05) is 11.1 Å². The standard InChI is InChI=1S/C14H12ClN3S/c15-8-1-4-12-11(7-8)17-14(18(12)9-2-3-9)13-10(16)5-6-19-13/h1,4-7,9H,2-3,16H2. The Bertz CT molecular complexity index is 770. The zero-order valence-corrected chi connectivity index (χ0v) is 11.7. The maximum atomic E-state index is 6.06. The van der Waals surface area contributed by atoms with Crippen molar-refractivity contribution in [2.45, 2.75) is 18.9 Å². The molecule has 3 aromatic rings. The summed E-state index contributed by atoms with van der Waals surface area (Å²) in [6.07, 6.45) is 2.43. The second-order valence-electron chi connectivity index (χ2n) is 4.87. The number of hydrogen-bond donors (Lipinski definition) is 1. The summed E-state index contributed by atoms with van der Waals surface area (Å²) >= 11 is 7.70. The van der Waals surface area contributed by atoms with Crippen LogP contribution >= 0.6 is 22.9 Å². The predicted molar refractivity (Wildman–Crippen MR) is 80.7 cm³/mol. The minimum atomic E-state index is 0.558. The Labute approximate surface area is 119 Å². The number of hydrogen-bond acceptors (Lipinski definition) is 3. The van der Waals surface area contributed by atoms with Crippen LogP contribution < -0.4 is 5.73 Å². The van der Waals surface area contributed by atoms with E-state index >= 15 is 0 Å². The van der Waals surface area contributed by atoms with Crippen molar-refractivity contribution >= 4 is 39.7 Å². The van der Waals surface area contributed by atoms with Crippen LogP contribution in [0.4, 0.5) is 5.69 Å². The summed E-state index contributed by atoms with van der Waals surface area (Å²) in [5, 5.41) is 2.73. The number of nitrogens with zero attached hydrogens (tertiary/aromatic N) is 2. The molecule has 2 aromatic heterocycles. The molecule has 1 aliphatic rings. The second kappa shape index (κ2) is 3.99. The molecule has 0 saturated heterocycles. The molecule has 1 saturated carbocycles. The smallest absolute Gasteiger partial charge is 0.153 e. The summed E-state index contributed by atoms with van der Waals surface area (Å²) in [4.78, 5) is 5.80. The number of imidazole rings is 1. The van der Waals surface area contributed by atoms with Gasteiger partial charge in [0.1, 0.15) is 0 Å². The number of fused-ring (bicyclic) bond motifs is 1. The van der Waals surface area contributed by atoms with Gasteiger partial charge in [0.15, 0.2) is 5.82 Å². The summed E-state index contributed by atoms with van der Waals surface area (Å²) in [7, 11) is 0. The SMILES string of the molecule is Nc1ccsc1-c1nc2cc(Cl)ccc2n1C1CC1. The van der Waals surface area contributed by atoms with Crippen LogP contribution in [0.5, 0.6) is 0 Å². The maximum Gasteiger partial charge on any atom is 0.153 e. The predicted octanol–water partition coefficient (Wildman–Crippen LogP) is 4.34. The fraction of sp³-hybridized carbons (Fsp3) is 0.214. The van der Waals surface area contributed by atoms with Gasteiger partial charge in [0.2, 0.25) is 0 Å². The van der Waals surface area contributed by atoms with E-state index in [1.165, 1.54) is 12.8 Å². The number of halogens is 1. The molecule has 0 atom stereocenters. The van der Waals surface area contributed by atoms with Gasteiger partial charge in [-0.1, -0.05) is 11.6 Å². The molecule has 1 aliphatic carbocycles. The molecule has 1 fully saturated rings. The molecular weight excluding hydrogens is 278 g/mol. The van der Waals surface area contributed by atoms with Gasteiger partial charge in [-0.15, -0.1) is 11.3 Å². The highest BCUT2D eigenvalue weighted by atomic mass is 35.5. The number of rotatable bonds is 2. The number of thiophene rings is 1. The van der Waals surface area contributed by atoms with Gasteiger partial charge in [-0.2, -0.15) is 0 Å². The van der Waals surface area contributed by atoms with E-state index in [0.29, 0.717) is 6.04 Å². The normalized spacial score (nSPS) is 15.2. The number of aromatic nitrogens is 2. The van der Waals surface area contributed by atoms with E-state index in [0.717, 1.165) is 32.4 Å². The van der Waals surface area contributed by atoms with Crippen molar-refractivity contribution in [1.29, 1.82) is 0 Å². The number of nitrogens with two attached hydrogens (primary N) is 1. The Morgan fingerprint density at radius 2 is 2.16 bits per heavy atom. The Hall–Kier alpha value is -1.52. The molecule has 5 heteroatoms. The molecule has 19 heavy (non-hydrogen) atoms. The van der Waals surface area contributed by atoms with Crippen molar-refractivity contribution in [3.05, 3.63) is 34.7 Å². The average Bonchev–Trinajstić information content (AvgIpc) is 3.03. The van der Waals surface area contributed by atoms with Gasteiger partial charge in [-0.3, -0.25) is 0 Å². The van der Waals surface area contributed by atoms with Crippen LogP contribution in [0.2, 0.25) is 5.02 Å². The Morgan fingerprint density at radius 1 is 1.32 bits per heavy atom. The van der Waals surface area contributed by atoms with Gasteiger partial charge >= 0.3 is 0 Å². The third-order valence-corrected chi connectivity index (χ3v) is 4.62. The molecule has 96 valence electrons. The molecular formula is C14H12ClN3S. The molecule has 4 rings (SSSR count). The largest absolute Gasteiger partial charge is 0.397 e. The average molecular weight is 290 g/mol. The van der Waals surface area contributed by atoms with E-state index in [9.17, 15) is 0 Å². The lowest BCUT2D eigenvalue weighted by Crippen LogP contribution is -1.97. The van der Waals surface area contributed by atoms with Crippen LogP contribution in [0.15, 0.2) is 29.6 Å². The molecule has 1 aromatic carbocycles. The molecule has 0 aliphatic heterocycles. The first-order valence-electron chi connectivity index (χ1n) is 6.25. The van der Waals surface area contributed by atoms with Crippen LogP contribution in [0.1, 0.15) is 18.9 Å². The molecule has 0 bridgehead atoms. The zero-order chi connectivity index (χ0) is 13.0. The van der Waals surface area contributed by atoms with Crippen molar-refractivity contribution < 1.29 is 0 Å². The lowest BCUT2D eigenvalue weighted by atomic mass is 10.3. The van der Waals surface area contributed by atoms with E-state index in [1.54, 1.807) is 11.3 Å². The molecule has 3 nitrogen and oxygen atoms in total. The minimum absolute atomic E-state index is 0.558. The Kier molecular flexibility index (Phi) is 2.37. The lowest BCUT2D eigenvalue weighted by molar-refractivity contribution is 0.777. The van der Waals surface area contributed by atoms with Crippen LogP contribution in [0, 0.1) is 0 Å². The molecule has 2 N–H and O–H groups in total. The molecule has 0 amide bonds. The van der Waals surface area contributed by atoms with Crippen molar-refractivity contribution in [2.24, 2.45) is 0 Å². The first-order valence-corrected chi connectivity index (χ1v) is 7.50. The monoisotopic (exact) mass is 289 g/mol. The summed E-state index contributed by atoms with van der Waals surface area (Å²) in [5.74, 6) is 0.979. The Morgan fingerprint density at radius 3 is 2.84 bits per heavy atom. The highest BCUT2D eigenvalue weighted by Gasteiger charge is 2.29. The third kappa shape index (κ3) is 1.75. The third-order valence-electron chi connectivity index (χ3n) is 3.46. The van der Waals surface area contributed by atoms with E-state index in [4.69, 9.17) is 22.3 Å². The second-order valence-corrected chi connectivity index (χ2v) is 6.23. The summed E-state index contributed by atoms with van der Waals surface area (Å²) in [6.45, 7) is 0. The van der Waals surface area contributed by atoms with E-state index < -0.39 is 0 Å². The lowest BCUT2D eigenvalue weighted by Gasteiger charge is -2.06. The quantitative estimate of drug-likeness (QED) is 0.763. The van der Waals surface area contributed by atoms with Crippen molar-refractivity contribution in [2.75, 3.05) is 5.73 Å². The fourth-order valence-corrected chi connectivity index (χ4v) is 3.41. The topological polar surface area (TPSA) is 43.8 Å². The number of anilines is 1. The molecule has 0 unspecified atom stereocenters. The van der Waals surface area contributed by atoms with Crippen LogP contribution in [0.25, 0.3) is 21.7 Å². The maximum absolute atomic E-state index is 6.06. The van der Waals surface area contributed by atoms with Gasteiger partial charge < -0.3 is 10.3 Å². The van der Waals surface area contributed by atoms with Crippen LogP contribution in [-0.2, 0) is 0 Å². The molecule has 0 spiro atoms. The highest BCUT2D eigenvalue weighted by Crippen LogP contribution is 2.43. The van der Waals surface area contributed by atoms with E-state index in [-0.39, 0.29) is 0 Å². The van der Waals surface area contributed by atoms with E-state index in [2.05, 4.69) is 10.6 Å². The van der Waals surface area contributed by atoms with Gasteiger partial charge in [-0.25, -0.2) is 4.98 Å². The molecule has 0 radical (unpaired) electrons. The minimum Gasteiger partial charge on any atom is -0.397 e. The van der Waals surface area contributed by atoms with E-state index in [1.807, 2.05) is 23.6 Å². The summed E-state index contributed by atoms with van der Waals surface area (Å²) in [6, 6.07) is 8.39. The van der Waals surface area contributed by atoms with Gasteiger partial charge in [0.25, 0.3) is 0 Å². The highest BCUT2D eigenvalue weighted by molar-refractivity contribution is 7.14. The first kappa shape index (κ1) is 11.3. The molecule has 2 heterocycles. The summed E-state index contributed by atoms with van der Waals surface area (Å²) < 4.78 is 2.31. The van der Waals surface area contributed by atoms with Crippen molar-refractivity contribution in [3.63, 3.8) is 0 Å². The zero-order valence-electron chi connectivity index (χ0n) is 10.1. The summed E-state index contributed by atoms with van der Waals surface area (Å²) in [5.41, 5.74) is 8.94.